The van der Waals surface area contributed by atoms with Gasteiger partial charge in [0.05, 0.1) is 48.9 Å². The summed E-state index contributed by atoms with van der Waals surface area (Å²) in [4.78, 5) is 65.1. The van der Waals surface area contributed by atoms with Crippen molar-refractivity contribution >= 4 is 47.5 Å². The van der Waals surface area contributed by atoms with Crippen LogP contribution in [0.5, 0.6) is 0 Å². The van der Waals surface area contributed by atoms with Crippen LogP contribution in [0.3, 0.4) is 0 Å². The van der Waals surface area contributed by atoms with E-state index in [9.17, 15) is 29.4 Å². The van der Waals surface area contributed by atoms with Crippen LogP contribution in [0.2, 0.25) is 0 Å². The van der Waals surface area contributed by atoms with Gasteiger partial charge in [0.1, 0.15) is 0 Å². The van der Waals surface area contributed by atoms with Crippen molar-refractivity contribution in [2.24, 2.45) is 44.8 Å². The van der Waals surface area contributed by atoms with Crippen molar-refractivity contribution in [3.05, 3.63) is 59.7 Å². The Bertz CT molecular complexity index is 1620. The quantitative estimate of drug-likeness (QED) is 0.130. The first-order valence-electron chi connectivity index (χ1n) is 17.5. The highest BCUT2D eigenvalue weighted by molar-refractivity contribution is 5.79. The third kappa shape index (κ3) is 8.60. The summed E-state index contributed by atoms with van der Waals surface area (Å²) in [5.74, 6) is -0.967. The van der Waals surface area contributed by atoms with E-state index in [4.69, 9.17) is 32.4 Å². The van der Waals surface area contributed by atoms with Crippen molar-refractivity contribution in [3.63, 3.8) is 0 Å². The monoisotopic (exact) mass is 750 g/mol. The summed E-state index contributed by atoms with van der Waals surface area (Å²) in [5.41, 5.74) is 24.5. The van der Waals surface area contributed by atoms with Crippen LogP contribution in [0.25, 0.3) is 0 Å². The van der Waals surface area contributed by atoms with Crippen LogP contribution in [0, 0.1) is 11.8 Å². The second-order valence-corrected chi connectivity index (χ2v) is 13.6. The Balaban J connectivity index is 1.08. The highest BCUT2D eigenvalue weighted by Crippen LogP contribution is 2.41. The molecule has 6 amide bonds. The number of urea groups is 2. The highest BCUT2D eigenvalue weighted by Gasteiger charge is 2.56. The predicted octanol–water partition coefficient (Wildman–Crippen LogP) is -0.0258. The summed E-state index contributed by atoms with van der Waals surface area (Å²) in [6, 6.07) is 12.1. The van der Waals surface area contributed by atoms with Crippen molar-refractivity contribution in [1.29, 1.82) is 0 Å². The predicted molar refractivity (Wildman–Crippen MR) is 195 cm³/mol. The summed E-state index contributed by atoms with van der Waals surface area (Å²) >= 11 is 0. The summed E-state index contributed by atoms with van der Waals surface area (Å²) in [6.07, 6.45) is -3.32. The molecule has 0 aromatic heterocycles. The number of ether oxygens (including phenoxy) is 2. The highest BCUT2D eigenvalue weighted by atomic mass is 16.6. The zero-order chi connectivity index (χ0) is 38.5. The first-order chi connectivity index (χ1) is 25.9. The molecule has 0 saturated carbocycles. The molecule has 6 rings (SSSR count). The first-order valence-corrected chi connectivity index (χ1v) is 17.5. The SMILES string of the molecule is NC(N)=Nc1ccc(CNC(=O)N2CCN(C(=O)O)C(C3COC4C(C5CN(C(=O)NCc6ccc(N=C(N)N)cc6)CCN5C(=O)O)COC34)C2)cc1. The smallest absolute Gasteiger partial charge is 0.407 e. The number of nitrogens with one attached hydrogen (secondary N) is 2. The summed E-state index contributed by atoms with van der Waals surface area (Å²) in [5, 5.41) is 26.0. The van der Waals surface area contributed by atoms with Crippen LogP contribution < -0.4 is 33.6 Å². The number of nitrogens with two attached hydrogens (primary N) is 4. The van der Waals surface area contributed by atoms with Gasteiger partial charge in [-0.05, 0) is 35.4 Å². The Morgan fingerprint density at radius 3 is 1.33 bits per heavy atom. The lowest BCUT2D eigenvalue weighted by Crippen LogP contribution is -2.62. The third-order valence-corrected chi connectivity index (χ3v) is 10.3. The molecule has 20 heteroatoms. The maximum Gasteiger partial charge on any atom is 0.407 e. The number of hydrogen-bond acceptors (Lipinski definition) is 8. The van der Waals surface area contributed by atoms with Gasteiger partial charge in [-0.15, -0.1) is 0 Å². The Morgan fingerprint density at radius 2 is 1.00 bits per heavy atom. The van der Waals surface area contributed by atoms with E-state index in [1.54, 1.807) is 58.3 Å². The molecule has 6 unspecified atom stereocenters. The van der Waals surface area contributed by atoms with Gasteiger partial charge in [-0.2, -0.15) is 0 Å². The van der Waals surface area contributed by atoms with E-state index in [2.05, 4.69) is 20.6 Å². The fourth-order valence-corrected chi connectivity index (χ4v) is 7.67. The standard InChI is InChI=1S/C34H46N12O8/c35-29(36)41-21-5-1-19(2-6-21)13-39-31(47)43-9-11-45(33(49)50)25(15-43)23-17-53-28-24(18-54-27(23)28)26-16-44(10-12-46(26)34(51)52)32(48)40-14-20-3-7-22(8-4-20)42-30(37)38/h1-8,23-28H,9-18H2,(H,39,47)(H,40,48)(H,49,50)(H,51,52)(H4,35,36,41)(H4,37,38,42). The van der Waals surface area contributed by atoms with E-state index in [1.807, 2.05) is 0 Å². The van der Waals surface area contributed by atoms with Crippen molar-refractivity contribution < 1.29 is 38.9 Å². The van der Waals surface area contributed by atoms with Gasteiger partial charge in [-0.25, -0.2) is 29.2 Å². The molecule has 4 heterocycles. The molecule has 2 aromatic carbocycles. The molecule has 4 aliphatic rings. The van der Waals surface area contributed by atoms with Gasteiger partial charge in [-0.3, -0.25) is 0 Å². The van der Waals surface area contributed by atoms with Crippen molar-refractivity contribution in [2.75, 3.05) is 52.5 Å². The van der Waals surface area contributed by atoms with Crippen LogP contribution in [-0.4, -0.2) is 143 Å². The molecule has 4 saturated heterocycles. The van der Waals surface area contributed by atoms with Gasteiger partial charge in [0.25, 0.3) is 0 Å². The number of rotatable bonds is 8. The van der Waals surface area contributed by atoms with E-state index in [1.165, 1.54) is 9.80 Å². The minimum Gasteiger partial charge on any atom is -0.465 e. The van der Waals surface area contributed by atoms with Gasteiger partial charge in [-0.1, -0.05) is 24.3 Å². The van der Waals surface area contributed by atoms with Crippen molar-refractivity contribution in [3.8, 4) is 0 Å². The Kier molecular flexibility index (Phi) is 11.4. The Morgan fingerprint density at radius 1 is 0.630 bits per heavy atom. The number of carbonyl (C=O) groups is 4. The van der Waals surface area contributed by atoms with Gasteiger partial charge in [0.2, 0.25) is 0 Å². The number of guanidine groups is 2. The zero-order valence-corrected chi connectivity index (χ0v) is 29.5. The number of amides is 6. The zero-order valence-electron chi connectivity index (χ0n) is 29.5. The molecule has 0 spiro atoms. The number of fused-ring (bicyclic) bond motifs is 1. The molecule has 0 aliphatic carbocycles. The Labute approximate surface area is 310 Å². The van der Waals surface area contributed by atoms with E-state index in [0.717, 1.165) is 11.1 Å². The average molecular weight is 751 g/mol. The number of piperazine rings is 2. The first kappa shape index (κ1) is 37.7. The lowest BCUT2D eigenvalue weighted by atomic mass is 9.85. The Hall–Kier alpha value is -6.02. The number of carboxylic acid groups (broad SMARTS) is 2. The molecule has 12 N–H and O–H groups in total. The second kappa shape index (κ2) is 16.3. The molecular weight excluding hydrogens is 704 g/mol. The maximum atomic E-state index is 13.3. The van der Waals surface area contributed by atoms with Crippen LogP contribution in [0.1, 0.15) is 11.1 Å². The number of benzene rings is 2. The molecule has 6 atom stereocenters. The molecule has 54 heavy (non-hydrogen) atoms. The fourth-order valence-electron chi connectivity index (χ4n) is 7.67. The summed E-state index contributed by atoms with van der Waals surface area (Å²) in [7, 11) is 0. The van der Waals surface area contributed by atoms with E-state index >= 15 is 0 Å². The van der Waals surface area contributed by atoms with E-state index < -0.39 is 48.3 Å². The lowest BCUT2D eigenvalue weighted by Gasteiger charge is -2.43. The van der Waals surface area contributed by atoms with Crippen LogP contribution >= 0.6 is 0 Å². The van der Waals surface area contributed by atoms with Gasteiger partial charge in [0.15, 0.2) is 11.9 Å². The molecule has 2 aromatic rings. The lowest BCUT2D eigenvalue weighted by molar-refractivity contribution is -0.00491. The summed E-state index contributed by atoms with van der Waals surface area (Å²) < 4.78 is 12.6. The molecule has 4 aliphatic heterocycles. The van der Waals surface area contributed by atoms with Gasteiger partial charge < -0.3 is 72.9 Å². The molecule has 4 fully saturated rings. The van der Waals surface area contributed by atoms with Crippen LogP contribution in [0.4, 0.5) is 30.6 Å². The van der Waals surface area contributed by atoms with E-state index in [0.29, 0.717) is 11.4 Å². The van der Waals surface area contributed by atoms with Crippen molar-refractivity contribution in [1.82, 2.24) is 30.2 Å². The topological polar surface area (TPSA) is 293 Å². The fraction of sp³-hybridized carbons (Fsp3) is 0.471. The molecule has 290 valence electrons. The minimum atomic E-state index is -1.12. The van der Waals surface area contributed by atoms with Gasteiger partial charge in [0, 0.05) is 64.2 Å². The number of nitrogens with zero attached hydrogens (tertiary/aromatic N) is 6. The second-order valence-electron chi connectivity index (χ2n) is 13.6. The number of hydrogen-bond donors (Lipinski definition) is 8. The number of aliphatic imine (C=N–C) groups is 2. The molecule has 0 bridgehead atoms. The van der Waals surface area contributed by atoms with E-state index in [-0.39, 0.29) is 89.6 Å². The summed E-state index contributed by atoms with van der Waals surface area (Å²) in [6.45, 7) is 1.59. The normalized spacial score (nSPS) is 25.0. The third-order valence-electron chi connectivity index (χ3n) is 10.3. The van der Waals surface area contributed by atoms with Gasteiger partial charge >= 0.3 is 24.2 Å². The average Bonchev–Trinajstić information content (AvgIpc) is 3.76. The molecular formula is C34H46N12O8. The largest absolute Gasteiger partial charge is 0.465 e. The molecule has 0 radical (unpaired) electrons. The minimum absolute atomic E-state index is 0.0618. The van der Waals surface area contributed by atoms with Crippen molar-refractivity contribution in [2.45, 2.75) is 37.4 Å². The molecule has 20 nitrogen and oxygen atoms in total. The number of carbonyl (C=O) groups excluding carboxylic acids is 2. The van der Waals surface area contributed by atoms with Crippen LogP contribution in [-0.2, 0) is 22.6 Å². The maximum absolute atomic E-state index is 13.3. The van der Waals surface area contributed by atoms with Crippen LogP contribution in [0.15, 0.2) is 58.5 Å².